The third-order valence-corrected chi connectivity index (χ3v) is 4.62. The Hall–Kier alpha value is -2.96. The van der Waals surface area contributed by atoms with Crippen LogP contribution in [0, 0.1) is 0 Å². The lowest BCUT2D eigenvalue weighted by atomic mass is 10.0. The van der Waals surface area contributed by atoms with Gasteiger partial charge in [-0.1, -0.05) is 24.3 Å². The summed E-state index contributed by atoms with van der Waals surface area (Å²) in [5.41, 5.74) is 1.22. The summed E-state index contributed by atoms with van der Waals surface area (Å²) in [6.07, 6.45) is 5.21. The van der Waals surface area contributed by atoms with Crippen molar-refractivity contribution >= 4 is 12.0 Å². The molecule has 3 rings (SSSR count). The number of hydrogen-bond donors (Lipinski definition) is 1. The second-order valence-electron chi connectivity index (χ2n) is 8.20. The van der Waals surface area contributed by atoms with Gasteiger partial charge in [0.2, 0.25) is 5.91 Å². The van der Waals surface area contributed by atoms with Crippen LogP contribution >= 0.6 is 0 Å². The summed E-state index contributed by atoms with van der Waals surface area (Å²) in [5.74, 6) is 0.583. The van der Waals surface area contributed by atoms with Gasteiger partial charge in [0.25, 0.3) is 0 Å². The molecular formula is C22H28N4O3. The van der Waals surface area contributed by atoms with Crippen LogP contribution in [0.15, 0.2) is 42.7 Å². The molecule has 1 unspecified atom stereocenters. The van der Waals surface area contributed by atoms with E-state index in [1.54, 1.807) is 39.2 Å². The number of nitrogens with zero attached hydrogens (tertiary/aromatic N) is 3. The average molecular weight is 396 g/mol. The minimum atomic E-state index is -0.665. The molecule has 7 heteroatoms. The van der Waals surface area contributed by atoms with Gasteiger partial charge >= 0.3 is 6.09 Å². The minimum absolute atomic E-state index is 0.0659. The van der Waals surface area contributed by atoms with Crippen LogP contribution in [-0.2, 0) is 16.0 Å². The van der Waals surface area contributed by atoms with E-state index in [-0.39, 0.29) is 5.91 Å². The zero-order valence-electron chi connectivity index (χ0n) is 17.2. The van der Waals surface area contributed by atoms with Gasteiger partial charge in [0.1, 0.15) is 11.6 Å². The van der Waals surface area contributed by atoms with Crippen molar-refractivity contribution in [3.8, 4) is 11.4 Å². The fraction of sp³-hybridized carbons (Fsp3) is 0.455. The van der Waals surface area contributed by atoms with E-state index in [0.29, 0.717) is 12.2 Å². The molecule has 2 heterocycles. The first-order chi connectivity index (χ1) is 13.8. The number of benzene rings is 1. The van der Waals surface area contributed by atoms with Gasteiger partial charge < -0.3 is 15.0 Å². The predicted molar refractivity (Wildman–Crippen MR) is 110 cm³/mol. The van der Waals surface area contributed by atoms with Gasteiger partial charge in [-0.05, 0) is 45.2 Å². The highest BCUT2D eigenvalue weighted by Gasteiger charge is 2.29. The molecule has 0 bridgehead atoms. The quantitative estimate of drug-likeness (QED) is 0.839. The fourth-order valence-corrected chi connectivity index (χ4v) is 3.28. The Morgan fingerprint density at radius 3 is 2.31 bits per heavy atom. The van der Waals surface area contributed by atoms with E-state index in [1.807, 2.05) is 29.2 Å². The Bertz CT molecular complexity index is 825. The molecule has 2 aromatic rings. The molecule has 0 spiro atoms. The van der Waals surface area contributed by atoms with Gasteiger partial charge in [-0.15, -0.1) is 0 Å². The van der Waals surface area contributed by atoms with Crippen LogP contribution in [0.2, 0.25) is 0 Å². The number of carbonyl (C=O) groups excluding carboxylic acids is 2. The van der Waals surface area contributed by atoms with E-state index in [9.17, 15) is 9.59 Å². The lowest BCUT2D eigenvalue weighted by Crippen LogP contribution is -2.50. The van der Waals surface area contributed by atoms with Crippen LogP contribution in [0.25, 0.3) is 11.4 Å². The summed E-state index contributed by atoms with van der Waals surface area (Å²) >= 11 is 0. The second-order valence-corrected chi connectivity index (χ2v) is 8.20. The van der Waals surface area contributed by atoms with Crippen molar-refractivity contribution in [3.63, 3.8) is 0 Å². The zero-order valence-corrected chi connectivity index (χ0v) is 17.2. The summed E-state index contributed by atoms with van der Waals surface area (Å²) in [6.45, 7) is 6.86. The number of rotatable bonds is 5. The Kier molecular flexibility index (Phi) is 6.46. The Labute approximate surface area is 171 Å². The van der Waals surface area contributed by atoms with E-state index >= 15 is 0 Å². The Morgan fingerprint density at radius 1 is 1.10 bits per heavy atom. The fourth-order valence-electron chi connectivity index (χ4n) is 3.28. The molecule has 0 radical (unpaired) electrons. The van der Waals surface area contributed by atoms with E-state index in [1.165, 1.54) is 0 Å². The second kappa shape index (κ2) is 9.03. The molecule has 1 aliphatic heterocycles. The van der Waals surface area contributed by atoms with Gasteiger partial charge in [-0.25, -0.2) is 14.8 Å². The molecule has 7 nitrogen and oxygen atoms in total. The van der Waals surface area contributed by atoms with Crippen molar-refractivity contribution < 1.29 is 14.3 Å². The molecule has 154 valence electrons. The van der Waals surface area contributed by atoms with E-state index in [4.69, 9.17) is 4.74 Å². The third-order valence-electron chi connectivity index (χ3n) is 4.62. The van der Waals surface area contributed by atoms with Crippen molar-refractivity contribution in [3.05, 3.63) is 48.3 Å². The van der Waals surface area contributed by atoms with Crippen LogP contribution in [0.3, 0.4) is 0 Å². The number of aromatic nitrogens is 2. The number of amides is 2. The van der Waals surface area contributed by atoms with Gasteiger partial charge in [0.15, 0.2) is 5.82 Å². The smallest absolute Gasteiger partial charge is 0.408 e. The molecule has 1 fully saturated rings. The van der Waals surface area contributed by atoms with Gasteiger partial charge in [0, 0.05) is 37.5 Å². The largest absolute Gasteiger partial charge is 0.444 e. The van der Waals surface area contributed by atoms with Gasteiger partial charge in [-0.3, -0.25) is 4.79 Å². The molecule has 1 aromatic carbocycles. The Balaban J connectivity index is 1.73. The van der Waals surface area contributed by atoms with E-state index in [2.05, 4.69) is 15.3 Å². The molecular weight excluding hydrogens is 368 g/mol. The summed E-state index contributed by atoms with van der Waals surface area (Å²) in [4.78, 5) is 35.6. The molecule has 0 saturated carbocycles. The maximum absolute atomic E-state index is 13.0. The summed E-state index contributed by atoms with van der Waals surface area (Å²) in [7, 11) is 0. The van der Waals surface area contributed by atoms with Crippen LogP contribution in [0.4, 0.5) is 4.79 Å². The summed E-state index contributed by atoms with van der Waals surface area (Å²) in [6, 6.07) is 8.83. The van der Waals surface area contributed by atoms with Crippen LogP contribution < -0.4 is 5.32 Å². The summed E-state index contributed by atoms with van der Waals surface area (Å²) in [5, 5.41) is 2.77. The van der Waals surface area contributed by atoms with Crippen molar-refractivity contribution in [2.45, 2.75) is 51.7 Å². The van der Waals surface area contributed by atoms with Gasteiger partial charge in [0.05, 0.1) is 0 Å². The highest BCUT2D eigenvalue weighted by Crippen LogP contribution is 2.17. The molecule has 2 amide bonds. The van der Waals surface area contributed by atoms with Crippen molar-refractivity contribution in [2.24, 2.45) is 0 Å². The standard InChI is InChI=1S/C22H28N4O3/c1-22(2,3)29-21(28)25-18(20(27)26-13-4-5-14-26)15-16-7-9-17(10-8-16)19-23-11-6-12-24-19/h6-12,18H,4-5,13-15H2,1-3H3,(H,25,28). The highest BCUT2D eigenvalue weighted by atomic mass is 16.6. The predicted octanol–water partition coefficient (Wildman–Crippen LogP) is 3.20. The number of nitrogens with one attached hydrogen (secondary N) is 1. The first-order valence-corrected chi connectivity index (χ1v) is 9.96. The highest BCUT2D eigenvalue weighted by molar-refractivity contribution is 5.86. The van der Waals surface area contributed by atoms with Crippen molar-refractivity contribution in [1.82, 2.24) is 20.2 Å². The molecule has 1 aromatic heterocycles. The van der Waals surface area contributed by atoms with Crippen LogP contribution in [0.1, 0.15) is 39.2 Å². The molecule has 29 heavy (non-hydrogen) atoms. The minimum Gasteiger partial charge on any atom is -0.444 e. The topological polar surface area (TPSA) is 84.4 Å². The van der Waals surface area contributed by atoms with Crippen molar-refractivity contribution in [1.29, 1.82) is 0 Å². The average Bonchev–Trinajstić information content (AvgIpc) is 3.21. The lowest BCUT2D eigenvalue weighted by molar-refractivity contribution is -0.132. The molecule has 1 N–H and O–H groups in total. The van der Waals surface area contributed by atoms with Crippen LogP contribution in [-0.4, -0.2) is 51.6 Å². The monoisotopic (exact) mass is 396 g/mol. The lowest BCUT2D eigenvalue weighted by Gasteiger charge is -2.26. The normalized spacial score (nSPS) is 15.1. The third kappa shape index (κ3) is 6.01. The van der Waals surface area contributed by atoms with Gasteiger partial charge in [-0.2, -0.15) is 0 Å². The maximum Gasteiger partial charge on any atom is 0.408 e. The molecule has 1 aliphatic rings. The first-order valence-electron chi connectivity index (χ1n) is 9.96. The Morgan fingerprint density at radius 2 is 1.72 bits per heavy atom. The SMILES string of the molecule is CC(C)(C)OC(=O)NC(Cc1ccc(-c2ncccn2)cc1)C(=O)N1CCCC1. The zero-order chi connectivity index (χ0) is 20.9. The molecule has 1 saturated heterocycles. The van der Waals surface area contributed by atoms with Crippen LogP contribution in [0.5, 0.6) is 0 Å². The molecule has 1 atom stereocenters. The first kappa shape index (κ1) is 20.8. The molecule has 0 aliphatic carbocycles. The van der Waals surface area contributed by atoms with Crippen molar-refractivity contribution in [2.75, 3.05) is 13.1 Å². The number of ether oxygens (including phenoxy) is 1. The number of hydrogen-bond acceptors (Lipinski definition) is 5. The van der Waals surface area contributed by atoms with E-state index in [0.717, 1.165) is 37.1 Å². The van der Waals surface area contributed by atoms with E-state index < -0.39 is 17.7 Å². The number of likely N-dealkylation sites (tertiary alicyclic amines) is 1. The maximum atomic E-state index is 13.0. The number of alkyl carbamates (subject to hydrolysis) is 1. The summed E-state index contributed by atoms with van der Waals surface area (Å²) < 4.78 is 5.36. The number of carbonyl (C=O) groups is 2.